The van der Waals surface area contributed by atoms with Crippen LogP contribution in [0.1, 0.15) is 18.4 Å². The highest BCUT2D eigenvalue weighted by atomic mass is 19.1. The summed E-state index contributed by atoms with van der Waals surface area (Å²) in [5.41, 5.74) is 10.1. The van der Waals surface area contributed by atoms with Gasteiger partial charge in [-0.05, 0) is 37.8 Å². The summed E-state index contributed by atoms with van der Waals surface area (Å²) in [6.07, 6.45) is 7.07. The maximum atomic E-state index is 14.5. The number of nitrogens with zero attached hydrogens (tertiary/aromatic N) is 6. The maximum Gasteiger partial charge on any atom is 0.326 e. The van der Waals surface area contributed by atoms with Crippen LogP contribution in [0, 0.1) is 18.7 Å². The van der Waals surface area contributed by atoms with E-state index in [1.807, 2.05) is 6.92 Å². The molecule has 10 nitrogen and oxygen atoms in total. The number of nitrogens with one attached hydrogen (secondary N) is 2. The Morgan fingerprint density at radius 1 is 1.23 bits per heavy atom. The van der Waals surface area contributed by atoms with Crippen molar-refractivity contribution in [3.05, 3.63) is 42.1 Å². The van der Waals surface area contributed by atoms with Crippen molar-refractivity contribution < 1.29 is 9.13 Å². The highest BCUT2D eigenvalue weighted by Crippen LogP contribution is 2.44. The van der Waals surface area contributed by atoms with Crippen molar-refractivity contribution in [2.24, 2.45) is 11.7 Å². The normalized spacial score (nSPS) is 21.6. The minimum absolute atomic E-state index is 0.183. The average Bonchev–Trinajstić information content (AvgIpc) is 3.60. The van der Waals surface area contributed by atoms with E-state index >= 15 is 0 Å². The number of H-pyrrole nitrogens is 1. The largest absolute Gasteiger partial charge is 0.421 e. The fourth-order valence-electron chi connectivity index (χ4n) is 5.66. The lowest BCUT2D eigenvalue weighted by Crippen LogP contribution is -2.41. The molecule has 2 fully saturated rings. The summed E-state index contributed by atoms with van der Waals surface area (Å²) in [5.74, 6) is 1.29. The summed E-state index contributed by atoms with van der Waals surface area (Å²) in [7, 11) is 1.77. The van der Waals surface area contributed by atoms with Crippen molar-refractivity contribution in [1.82, 2.24) is 29.5 Å². The molecule has 3 atom stereocenters. The molecular weight excluding hydrogens is 449 g/mol. The molecule has 1 aliphatic carbocycles. The molecule has 4 aromatic heterocycles. The van der Waals surface area contributed by atoms with E-state index in [4.69, 9.17) is 15.5 Å². The Hall–Kier alpha value is -3.99. The molecule has 2 bridgehead atoms. The fourth-order valence-corrected chi connectivity index (χ4v) is 5.66. The van der Waals surface area contributed by atoms with Crippen LogP contribution in [-0.2, 0) is 0 Å². The van der Waals surface area contributed by atoms with Gasteiger partial charge in [0.1, 0.15) is 17.3 Å². The SMILES string of the molecule is CNc1cc(F)cc2c1[nH]c1nc(Oc3cnc4c(C)cnn4c3)nc(N3C[C@H]4C[C@@H]3C[C@H]4N)c12. The third-order valence-electron chi connectivity index (χ3n) is 7.34. The first-order valence-corrected chi connectivity index (χ1v) is 11.7. The third-order valence-corrected chi connectivity index (χ3v) is 7.34. The molecule has 5 heterocycles. The average molecular weight is 474 g/mol. The second kappa shape index (κ2) is 7.25. The van der Waals surface area contributed by atoms with Crippen molar-refractivity contribution in [2.45, 2.75) is 31.8 Å². The second-order valence-corrected chi connectivity index (χ2v) is 9.49. The number of nitrogens with two attached hydrogens (primary N) is 1. The molecule has 4 N–H and O–H groups in total. The second-order valence-electron chi connectivity index (χ2n) is 9.49. The van der Waals surface area contributed by atoms with Crippen molar-refractivity contribution in [2.75, 3.05) is 23.8 Å². The van der Waals surface area contributed by atoms with Gasteiger partial charge in [0.2, 0.25) is 0 Å². The number of ether oxygens (including phenoxy) is 1. The van der Waals surface area contributed by atoms with Gasteiger partial charge < -0.3 is 25.7 Å². The number of halogens is 1. The van der Waals surface area contributed by atoms with E-state index in [-0.39, 0.29) is 23.9 Å². The zero-order valence-electron chi connectivity index (χ0n) is 19.3. The Bertz CT molecular complexity index is 1620. The van der Waals surface area contributed by atoms with Crippen LogP contribution >= 0.6 is 0 Å². The van der Waals surface area contributed by atoms with Crippen LogP contribution in [0.4, 0.5) is 15.9 Å². The van der Waals surface area contributed by atoms with E-state index in [0.717, 1.165) is 52.7 Å². The van der Waals surface area contributed by atoms with Crippen molar-refractivity contribution >= 4 is 39.1 Å². The molecule has 7 rings (SSSR count). The number of hydrogen-bond acceptors (Lipinski definition) is 8. The molecule has 2 aliphatic rings. The summed E-state index contributed by atoms with van der Waals surface area (Å²) < 4.78 is 22.3. The highest BCUT2D eigenvalue weighted by molar-refractivity contribution is 6.14. The number of hydrogen-bond donors (Lipinski definition) is 3. The molecule has 1 aliphatic heterocycles. The van der Waals surface area contributed by atoms with E-state index in [9.17, 15) is 4.39 Å². The van der Waals surface area contributed by atoms with Crippen molar-refractivity contribution in [1.29, 1.82) is 0 Å². The number of benzene rings is 1. The number of rotatable bonds is 4. The standard InChI is InChI=1S/C24H24FN9O/c1-11-7-29-34-10-15(8-28-22(11)34)35-24-31-21-19(16-4-13(25)5-18(27-2)20(16)30-21)23(32-24)33-9-12-3-14(33)6-17(12)26/h4-5,7-8,10,12,14,17,27H,3,6,9,26H2,1-2H3,(H,30,31,32)/t12-,14-,17-/m1/s1. The molecule has 178 valence electrons. The zero-order chi connectivity index (χ0) is 23.8. The van der Waals surface area contributed by atoms with Crippen LogP contribution in [0.25, 0.3) is 27.6 Å². The summed E-state index contributed by atoms with van der Waals surface area (Å²) in [6, 6.07) is 3.67. The smallest absolute Gasteiger partial charge is 0.326 e. The maximum absolute atomic E-state index is 14.5. The summed E-state index contributed by atoms with van der Waals surface area (Å²) in [4.78, 5) is 19.6. The molecule has 1 saturated heterocycles. The molecule has 5 aromatic rings. The van der Waals surface area contributed by atoms with Gasteiger partial charge in [0.25, 0.3) is 0 Å². The van der Waals surface area contributed by atoms with Gasteiger partial charge in [-0.3, -0.25) is 0 Å². The van der Waals surface area contributed by atoms with E-state index in [2.05, 4.69) is 30.3 Å². The van der Waals surface area contributed by atoms with Gasteiger partial charge >= 0.3 is 6.01 Å². The lowest BCUT2D eigenvalue weighted by molar-refractivity contribution is 0.435. The molecule has 1 aromatic carbocycles. The first-order chi connectivity index (χ1) is 17.0. The van der Waals surface area contributed by atoms with Gasteiger partial charge in [0.15, 0.2) is 11.4 Å². The van der Waals surface area contributed by atoms with E-state index in [1.54, 1.807) is 30.2 Å². The van der Waals surface area contributed by atoms with Crippen molar-refractivity contribution in [3.63, 3.8) is 0 Å². The minimum Gasteiger partial charge on any atom is -0.421 e. The van der Waals surface area contributed by atoms with Crippen LogP contribution in [0.15, 0.2) is 30.7 Å². The molecule has 35 heavy (non-hydrogen) atoms. The van der Waals surface area contributed by atoms with Gasteiger partial charge in [-0.1, -0.05) is 0 Å². The Morgan fingerprint density at radius 2 is 2.11 bits per heavy atom. The summed E-state index contributed by atoms with van der Waals surface area (Å²) in [5, 5.41) is 8.88. The van der Waals surface area contributed by atoms with Crippen LogP contribution in [0.3, 0.4) is 0 Å². The van der Waals surface area contributed by atoms with Crippen molar-refractivity contribution in [3.8, 4) is 11.8 Å². The third kappa shape index (κ3) is 3.04. The number of aromatic amines is 1. The molecule has 1 saturated carbocycles. The Kier molecular flexibility index (Phi) is 4.23. The van der Waals surface area contributed by atoms with Gasteiger partial charge in [0.05, 0.1) is 35.2 Å². The lowest BCUT2D eigenvalue weighted by atomic mass is 10.0. The van der Waals surface area contributed by atoms with E-state index < -0.39 is 0 Å². The van der Waals surface area contributed by atoms with Gasteiger partial charge in [-0.15, -0.1) is 0 Å². The van der Waals surface area contributed by atoms with Crippen LogP contribution < -0.4 is 20.7 Å². The molecule has 0 unspecified atom stereocenters. The summed E-state index contributed by atoms with van der Waals surface area (Å²) in [6.45, 7) is 2.76. The quantitative estimate of drug-likeness (QED) is 0.363. The first kappa shape index (κ1) is 20.4. The number of aryl methyl sites for hydroxylation is 1. The monoisotopic (exact) mass is 473 g/mol. The number of fused-ring (bicyclic) bond motifs is 6. The Labute approximate surface area is 199 Å². The molecule has 0 radical (unpaired) electrons. The van der Waals surface area contributed by atoms with E-state index in [1.165, 1.54) is 12.1 Å². The predicted octanol–water partition coefficient (Wildman–Crippen LogP) is 3.36. The molecule has 11 heteroatoms. The van der Waals surface area contributed by atoms with E-state index in [0.29, 0.717) is 23.0 Å². The number of aromatic nitrogens is 6. The molecule has 0 spiro atoms. The number of anilines is 2. The first-order valence-electron chi connectivity index (χ1n) is 11.7. The predicted molar refractivity (Wildman–Crippen MR) is 131 cm³/mol. The minimum atomic E-state index is -0.326. The Morgan fingerprint density at radius 3 is 2.89 bits per heavy atom. The van der Waals surface area contributed by atoms with Crippen LogP contribution in [0.5, 0.6) is 11.8 Å². The van der Waals surface area contributed by atoms with Crippen LogP contribution in [0.2, 0.25) is 0 Å². The van der Waals surface area contributed by atoms with Crippen LogP contribution in [-0.4, -0.2) is 55.2 Å². The number of piperidine rings is 1. The van der Waals surface area contributed by atoms with Gasteiger partial charge in [0, 0.05) is 36.6 Å². The Balaban J connectivity index is 1.40. The fraction of sp³-hybridized carbons (Fsp3) is 0.333. The molecular formula is C24H24FN9O. The summed E-state index contributed by atoms with van der Waals surface area (Å²) >= 11 is 0. The van der Waals surface area contributed by atoms with Gasteiger partial charge in [-0.25, -0.2) is 13.9 Å². The lowest BCUT2D eigenvalue weighted by Gasteiger charge is -2.31. The highest BCUT2D eigenvalue weighted by Gasteiger charge is 2.44. The van der Waals surface area contributed by atoms with Gasteiger partial charge in [-0.2, -0.15) is 15.1 Å². The molecule has 0 amide bonds. The zero-order valence-corrected chi connectivity index (χ0v) is 19.3. The topological polar surface area (TPSA) is 122 Å².